The van der Waals surface area contributed by atoms with Crippen LogP contribution in [-0.4, -0.2) is 24.8 Å². The number of nitrogens with one attached hydrogen (secondary N) is 1. The lowest BCUT2D eigenvalue weighted by Crippen LogP contribution is -2.52. The predicted octanol–water partition coefficient (Wildman–Crippen LogP) is 4.36. The second kappa shape index (κ2) is 7.42. The van der Waals surface area contributed by atoms with E-state index in [9.17, 15) is 0 Å². The van der Waals surface area contributed by atoms with Crippen molar-refractivity contribution in [1.29, 1.82) is 0 Å². The number of hydrogen-bond acceptors (Lipinski definition) is 2. The van der Waals surface area contributed by atoms with Crippen LogP contribution in [0.2, 0.25) is 0 Å². The van der Waals surface area contributed by atoms with E-state index in [1.807, 2.05) is 0 Å². The minimum atomic E-state index is -0.0574. The fourth-order valence-electron chi connectivity index (χ4n) is 3.53. The van der Waals surface area contributed by atoms with Gasteiger partial charge in [-0.25, -0.2) is 0 Å². The van der Waals surface area contributed by atoms with Gasteiger partial charge in [0.2, 0.25) is 0 Å². The summed E-state index contributed by atoms with van der Waals surface area (Å²) in [6.07, 6.45) is 3.51. The highest BCUT2D eigenvalue weighted by Gasteiger charge is 2.50. The maximum Gasteiger partial charge on any atom is 0.0806 e. The van der Waals surface area contributed by atoms with Gasteiger partial charge in [-0.15, -0.1) is 0 Å². The number of hydrogen-bond donors (Lipinski definition) is 1. The Hall–Kier alpha value is -0.860. The first-order chi connectivity index (χ1) is 10.2. The fourth-order valence-corrected chi connectivity index (χ4v) is 3.53. The molecular weight excluding hydrogens is 258 g/mol. The van der Waals surface area contributed by atoms with Crippen LogP contribution in [0, 0.1) is 5.92 Å². The fraction of sp³-hybridized carbons (Fsp3) is 0.684. The molecule has 0 saturated heterocycles. The Bertz CT molecular complexity index is 419. The van der Waals surface area contributed by atoms with Gasteiger partial charge in [-0.2, -0.15) is 0 Å². The van der Waals surface area contributed by atoms with Gasteiger partial charge in [-0.1, -0.05) is 44.2 Å². The normalized spacial score (nSPS) is 25.3. The minimum absolute atomic E-state index is 0.0574. The van der Waals surface area contributed by atoms with Gasteiger partial charge in [0.15, 0.2) is 0 Å². The van der Waals surface area contributed by atoms with Gasteiger partial charge in [0, 0.05) is 12.6 Å². The van der Waals surface area contributed by atoms with Crippen LogP contribution in [0.1, 0.15) is 58.4 Å². The summed E-state index contributed by atoms with van der Waals surface area (Å²) < 4.78 is 6.16. The van der Waals surface area contributed by atoms with Gasteiger partial charge in [-0.3, -0.25) is 0 Å². The number of ether oxygens (including phenoxy) is 1. The van der Waals surface area contributed by atoms with E-state index in [1.54, 1.807) is 0 Å². The van der Waals surface area contributed by atoms with Crippen LogP contribution in [0.5, 0.6) is 0 Å². The van der Waals surface area contributed by atoms with Crippen molar-refractivity contribution in [2.75, 3.05) is 13.2 Å². The summed E-state index contributed by atoms with van der Waals surface area (Å²) in [6, 6.07) is 11.4. The second-order valence-electron chi connectivity index (χ2n) is 6.45. The molecule has 1 aromatic rings. The number of rotatable bonds is 9. The molecule has 1 aromatic carbocycles. The molecule has 1 saturated carbocycles. The van der Waals surface area contributed by atoms with Crippen molar-refractivity contribution in [2.45, 2.75) is 64.5 Å². The van der Waals surface area contributed by atoms with E-state index in [1.165, 1.54) is 18.4 Å². The van der Waals surface area contributed by atoms with Crippen molar-refractivity contribution in [2.24, 2.45) is 5.92 Å². The Morgan fingerprint density at radius 2 is 1.95 bits per heavy atom. The Kier molecular flexibility index (Phi) is 5.83. The van der Waals surface area contributed by atoms with Crippen molar-refractivity contribution >= 4 is 0 Å². The third-order valence-corrected chi connectivity index (χ3v) is 4.94. The zero-order chi connectivity index (χ0) is 15.3. The lowest BCUT2D eigenvalue weighted by molar-refractivity contribution is -0.0608. The third kappa shape index (κ3) is 3.87. The van der Waals surface area contributed by atoms with Crippen LogP contribution in [0.3, 0.4) is 0 Å². The highest BCUT2D eigenvalue weighted by molar-refractivity contribution is 5.27. The van der Waals surface area contributed by atoms with E-state index in [-0.39, 0.29) is 5.60 Å². The quantitative estimate of drug-likeness (QED) is 0.729. The molecule has 1 aliphatic rings. The minimum Gasteiger partial charge on any atom is -0.374 e. The summed E-state index contributed by atoms with van der Waals surface area (Å²) in [7, 11) is 0. The van der Waals surface area contributed by atoms with Crippen LogP contribution < -0.4 is 5.32 Å². The average Bonchev–Trinajstić information content (AvgIpc) is 3.29. The van der Waals surface area contributed by atoms with Gasteiger partial charge in [0.05, 0.1) is 5.60 Å². The molecule has 1 aliphatic carbocycles. The predicted molar refractivity (Wildman–Crippen MR) is 89.7 cm³/mol. The van der Waals surface area contributed by atoms with Crippen LogP contribution >= 0.6 is 0 Å². The summed E-state index contributed by atoms with van der Waals surface area (Å²) in [6.45, 7) is 10.7. The molecule has 0 heterocycles. The van der Waals surface area contributed by atoms with Crippen molar-refractivity contribution in [3.8, 4) is 0 Å². The van der Waals surface area contributed by atoms with E-state index in [2.05, 4.69) is 63.3 Å². The van der Waals surface area contributed by atoms with E-state index < -0.39 is 0 Å². The molecule has 2 heteroatoms. The topological polar surface area (TPSA) is 21.3 Å². The average molecular weight is 289 g/mol. The lowest BCUT2D eigenvalue weighted by atomic mass is 9.87. The summed E-state index contributed by atoms with van der Waals surface area (Å²) in [4.78, 5) is 0. The Balaban J connectivity index is 2.10. The molecule has 1 fully saturated rings. The van der Waals surface area contributed by atoms with Gasteiger partial charge in [0.1, 0.15) is 0 Å². The first kappa shape index (κ1) is 16.5. The molecule has 0 aromatic heterocycles. The first-order valence-electron chi connectivity index (χ1n) is 8.58. The lowest BCUT2D eigenvalue weighted by Gasteiger charge is -2.38. The van der Waals surface area contributed by atoms with E-state index >= 15 is 0 Å². The third-order valence-electron chi connectivity index (χ3n) is 4.94. The van der Waals surface area contributed by atoms with Crippen molar-refractivity contribution in [1.82, 2.24) is 5.32 Å². The van der Waals surface area contributed by atoms with Gasteiger partial charge < -0.3 is 10.1 Å². The first-order valence-corrected chi connectivity index (χ1v) is 8.58. The molecule has 2 rings (SSSR count). The van der Waals surface area contributed by atoms with E-state index in [0.717, 1.165) is 19.6 Å². The van der Waals surface area contributed by atoms with Gasteiger partial charge >= 0.3 is 0 Å². The molecule has 118 valence electrons. The molecule has 0 spiro atoms. The van der Waals surface area contributed by atoms with Crippen LogP contribution in [0.15, 0.2) is 30.3 Å². The summed E-state index contributed by atoms with van der Waals surface area (Å²) in [5, 5.41) is 3.78. The smallest absolute Gasteiger partial charge is 0.0806 e. The van der Waals surface area contributed by atoms with Crippen LogP contribution in [-0.2, 0) is 4.74 Å². The van der Waals surface area contributed by atoms with Crippen molar-refractivity contribution in [3.63, 3.8) is 0 Å². The SMILES string of the molecule is CCCNC(C1CC1c1ccccc1)C(C)(CC)OCC. The monoisotopic (exact) mass is 289 g/mol. The second-order valence-corrected chi connectivity index (χ2v) is 6.45. The zero-order valence-electron chi connectivity index (χ0n) is 14.1. The van der Waals surface area contributed by atoms with E-state index in [4.69, 9.17) is 4.74 Å². The summed E-state index contributed by atoms with van der Waals surface area (Å²) in [5.41, 5.74) is 1.43. The zero-order valence-corrected chi connectivity index (χ0v) is 14.1. The molecule has 2 nitrogen and oxygen atoms in total. The van der Waals surface area contributed by atoms with Crippen LogP contribution in [0.25, 0.3) is 0 Å². The molecule has 0 aliphatic heterocycles. The standard InChI is InChI=1S/C19H31NO/c1-5-13-20-18(19(4,6-2)21-7-3)17-14-16(17)15-11-9-8-10-12-15/h8-12,16-18,20H,5-7,13-14H2,1-4H3. The van der Waals surface area contributed by atoms with Crippen LogP contribution in [0.4, 0.5) is 0 Å². The molecule has 0 bridgehead atoms. The summed E-state index contributed by atoms with van der Waals surface area (Å²) in [5.74, 6) is 1.40. The van der Waals surface area contributed by atoms with E-state index in [0.29, 0.717) is 17.9 Å². The maximum atomic E-state index is 6.16. The Morgan fingerprint density at radius 3 is 2.52 bits per heavy atom. The molecule has 0 radical (unpaired) electrons. The molecular formula is C19H31NO. The Labute approximate surface area is 130 Å². The van der Waals surface area contributed by atoms with Crippen molar-refractivity contribution in [3.05, 3.63) is 35.9 Å². The molecule has 1 N–H and O–H groups in total. The highest BCUT2D eigenvalue weighted by Crippen LogP contribution is 2.52. The Morgan fingerprint density at radius 1 is 1.24 bits per heavy atom. The highest BCUT2D eigenvalue weighted by atomic mass is 16.5. The number of benzene rings is 1. The summed E-state index contributed by atoms with van der Waals surface area (Å²) >= 11 is 0. The van der Waals surface area contributed by atoms with Crippen molar-refractivity contribution < 1.29 is 4.74 Å². The molecule has 0 amide bonds. The largest absolute Gasteiger partial charge is 0.374 e. The molecule has 4 atom stereocenters. The maximum absolute atomic E-state index is 6.16. The van der Waals surface area contributed by atoms with Gasteiger partial charge in [-0.05, 0) is 57.1 Å². The molecule has 21 heavy (non-hydrogen) atoms. The molecule has 4 unspecified atom stereocenters. The van der Waals surface area contributed by atoms with Gasteiger partial charge in [0.25, 0.3) is 0 Å².